The molecule has 1 aromatic carbocycles. The number of benzene rings is 1. The molecular weight excluding hydrogens is 257 g/mol. The maximum absolute atomic E-state index is 13.7. The van der Waals surface area contributed by atoms with E-state index in [0.29, 0.717) is 11.8 Å². The lowest BCUT2D eigenvalue weighted by atomic mass is 9.96. The van der Waals surface area contributed by atoms with Crippen LogP contribution in [0.15, 0.2) is 24.3 Å². The van der Waals surface area contributed by atoms with Gasteiger partial charge < -0.3 is 5.32 Å². The minimum absolute atomic E-state index is 0.0690. The second-order valence-electron chi connectivity index (χ2n) is 5.50. The second-order valence-corrected chi connectivity index (χ2v) is 6.48. The van der Waals surface area contributed by atoms with Gasteiger partial charge in [0.1, 0.15) is 5.82 Å². The number of hydrogen-bond acceptors (Lipinski definition) is 2. The molecule has 1 aromatic rings. The predicted molar refractivity (Wildman–Crippen MR) is 84.3 cm³/mol. The number of nitrogens with one attached hydrogen (secondary N) is 1. The Balaban J connectivity index is 2.51. The largest absolute Gasteiger partial charge is 0.316 e. The molecule has 0 saturated carbocycles. The highest BCUT2D eigenvalue weighted by atomic mass is 32.2. The normalized spacial score (nSPS) is 12.9. The van der Waals surface area contributed by atoms with E-state index in [4.69, 9.17) is 0 Å². The van der Waals surface area contributed by atoms with Crippen LogP contribution in [0, 0.1) is 17.7 Å². The third kappa shape index (κ3) is 6.98. The summed E-state index contributed by atoms with van der Waals surface area (Å²) < 4.78 is 13.7. The fraction of sp³-hybridized carbons (Fsp3) is 0.625. The number of hydrogen-bond donors (Lipinski definition) is 1. The van der Waals surface area contributed by atoms with Gasteiger partial charge in [0.2, 0.25) is 0 Å². The Hall–Kier alpha value is -0.540. The molecular formula is C16H26FNS. The van der Waals surface area contributed by atoms with E-state index in [-0.39, 0.29) is 5.82 Å². The van der Waals surface area contributed by atoms with E-state index in [2.05, 4.69) is 25.4 Å². The molecule has 3 heteroatoms. The van der Waals surface area contributed by atoms with Crippen LogP contribution in [0.4, 0.5) is 4.39 Å². The van der Waals surface area contributed by atoms with E-state index >= 15 is 0 Å². The van der Waals surface area contributed by atoms with E-state index in [0.717, 1.165) is 37.2 Å². The van der Waals surface area contributed by atoms with Gasteiger partial charge in [0, 0.05) is 0 Å². The van der Waals surface area contributed by atoms with Crippen LogP contribution in [0.5, 0.6) is 0 Å². The van der Waals surface area contributed by atoms with E-state index < -0.39 is 0 Å². The maximum Gasteiger partial charge on any atom is 0.126 e. The second kappa shape index (κ2) is 9.38. The summed E-state index contributed by atoms with van der Waals surface area (Å²) in [5, 5.41) is 3.50. The Kier molecular flexibility index (Phi) is 8.15. The van der Waals surface area contributed by atoms with Gasteiger partial charge in [-0.15, -0.1) is 0 Å². The molecule has 0 fully saturated rings. The van der Waals surface area contributed by atoms with Crippen molar-refractivity contribution in [2.24, 2.45) is 11.8 Å². The molecule has 1 N–H and O–H groups in total. The van der Waals surface area contributed by atoms with Crippen molar-refractivity contribution in [1.82, 2.24) is 5.32 Å². The summed E-state index contributed by atoms with van der Waals surface area (Å²) in [5.74, 6) is 2.25. The highest BCUT2D eigenvalue weighted by Crippen LogP contribution is 2.16. The molecule has 19 heavy (non-hydrogen) atoms. The minimum atomic E-state index is -0.0690. The van der Waals surface area contributed by atoms with Gasteiger partial charge in [-0.1, -0.05) is 32.0 Å². The number of thioether (sulfide) groups is 1. The first kappa shape index (κ1) is 16.5. The summed E-state index contributed by atoms with van der Waals surface area (Å²) in [5.41, 5.74) is 0.847. The van der Waals surface area contributed by atoms with Crippen LogP contribution in [-0.2, 0) is 6.42 Å². The van der Waals surface area contributed by atoms with Gasteiger partial charge in [-0.2, -0.15) is 11.8 Å². The Morgan fingerprint density at radius 1 is 1.21 bits per heavy atom. The van der Waals surface area contributed by atoms with E-state index in [1.54, 1.807) is 12.1 Å². The Morgan fingerprint density at radius 3 is 2.58 bits per heavy atom. The molecule has 0 bridgehead atoms. The summed E-state index contributed by atoms with van der Waals surface area (Å²) in [4.78, 5) is 0. The Labute approximate surface area is 121 Å². The summed E-state index contributed by atoms with van der Waals surface area (Å²) in [6.07, 6.45) is 4.10. The topological polar surface area (TPSA) is 12.0 Å². The summed E-state index contributed by atoms with van der Waals surface area (Å²) in [6.45, 7) is 6.43. The van der Waals surface area contributed by atoms with Gasteiger partial charge in [-0.3, -0.25) is 0 Å². The third-order valence-electron chi connectivity index (χ3n) is 3.18. The molecule has 1 atom stereocenters. The van der Waals surface area contributed by atoms with Gasteiger partial charge in [0.05, 0.1) is 0 Å². The third-order valence-corrected chi connectivity index (χ3v) is 3.83. The average Bonchev–Trinajstić information content (AvgIpc) is 2.37. The highest BCUT2D eigenvalue weighted by Gasteiger charge is 2.12. The van der Waals surface area contributed by atoms with E-state index in [1.165, 1.54) is 0 Å². The average molecular weight is 283 g/mol. The Bertz CT molecular complexity index is 354. The molecule has 108 valence electrons. The molecule has 0 spiro atoms. The van der Waals surface area contributed by atoms with Crippen molar-refractivity contribution in [1.29, 1.82) is 0 Å². The molecule has 0 saturated heterocycles. The van der Waals surface area contributed by atoms with E-state index in [9.17, 15) is 4.39 Å². The number of rotatable bonds is 9. The van der Waals surface area contributed by atoms with Gasteiger partial charge in [0.15, 0.2) is 0 Å². The van der Waals surface area contributed by atoms with Gasteiger partial charge in [-0.05, 0) is 61.4 Å². The lowest BCUT2D eigenvalue weighted by Gasteiger charge is -2.18. The quantitative estimate of drug-likeness (QED) is 0.735. The first-order valence-electron chi connectivity index (χ1n) is 7.06. The Morgan fingerprint density at radius 2 is 1.95 bits per heavy atom. The van der Waals surface area contributed by atoms with Gasteiger partial charge in [-0.25, -0.2) is 4.39 Å². The standard InChI is InChI=1S/C16H26FNS/c1-13(2)11-18-12-14(8-9-19-3)10-15-6-4-5-7-16(15)17/h4-7,13-14,18H,8-12H2,1-3H3. The first-order chi connectivity index (χ1) is 9.13. The SMILES string of the molecule is CSCCC(CNCC(C)C)Cc1ccccc1F. The zero-order valence-corrected chi connectivity index (χ0v) is 13.1. The molecule has 1 nitrogen and oxygen atoms in total. The monoisotopic (exact) mass is 283 g/mol. The van der Waals surface area contributed by atoms with Crippen molar-refractivity contribution in [2.45, 2.75) is 26.7 Å². The van der Waals surface area contributed by atoms with Crippen molar-refractivity contribution >= 4 is 11.8 Å². The predicted octanol–water partition coefficient (Wildman–Crippen LogP) is 3.98. The van der Waals surface area contributed by atoms with Crippen LogP contribution < -0.4 is 5.32 Å². The van der Waals surface area contributed by atoms with Crippen LogP contribution in [0.25, 0.3) is 0 Å². The van der Waals surface area contributed by atoms with Crippen LogP contribution in [0.1, 0.15) is 25.8 Å². The summed E-state index contributed by atoms with van der Waals surface area (Å²) in [6, 6.07) is 7.14. The molecule has 0 amide bonds. The van der Waals surface area contributed by atoms with Crippen molar-refractivity contribution in [2.75, 3.05) is 25.1 Å². The molecule has 0 aliphatic rings. The van der Waals surface area contributed by atoms with Crippen LogP contribution in [0.2, 0.25) is 0 Å². The van der Waals surface area contributed by atoms with Crippen molar-refractivity contribution in [3.05, 3.63) is 35.6 Å². The number of halogens is 1. The molecule has 1 rings (SSSR count). The summed E-state index contributed by atoms with van der Waals surface area (Å²) >= 11 is 1.86. The zero-order chi connectivity index (χ0) is 14.1. The van der Waals surface area contributed by atoms with Crippen molar-refractivity contribution < 1.29 is 4.39 Å². The maximum atomic E-state index is 13.7. The lowest BCUT2D eigenvalue weighted by Crippen LogP contribution is -2.28. The van der Waals surface area contributed by atoms with Crippen molar-refractivity contribution in [3.8, 4) is 0 Å². The highest BCUT2D eigenvalue weighted by molar-refractivity contribution is 7.98. The van der Waals surface area contributed by atoms with Crippen LogP contribution >= 0.6 is 11.8 Å². The molecule has 0 aromatic heterocycles. The van der Waals surface area contributed by atoms with Crippen LogP contribution in [-0.4, -0.2) is 25.1 Å². The van der Waals surface area contributed by atoms with E-state index in [1.807, 2.05) is 23.9 Å². The smallest absolute Gasteiger partial charge is 0.126 e. The molecule has 1 unspecified atom stereocenters. The fourth-order valence-electron chi connectivity index (χ4n) is 2.11. The fourth-order valence-corrected chi connectivity index (χ4v) is 2.68. The lowest BCUT2D eigenvalue weighted by molar-refractivity contribution is 0.433. The molecule has 0 heterocycles. The molecule has 0 aliphatic heterocycles. The summed E-state index contributed by atoms with van der Waals surface area (Å²) in [7, 11) is 0. The van der Waals surface area contributed by atoms with Crippen LogP contribution in [0.3, 0.4) is 0 Å². The minimum Gasteiger partial charge on any atom is -0.316 e. The molecule has 0 radical (unpaired) electrons. The van der Waals surface area contributed by atoms with Gasteiger partial charge >= 0.3 is 0 Å². The molecule has 0 aliphatic carbocycles. The van der Waals surface area contributed by atoms with Crippen molar-refractivity contribution in [3.63, 3.8) is 0 Å². The zero-order valence-electron chi connectivity index (χ0n) is 12.3. The van der Waals surface area contributed by atoms with Gasteiger partial charge in [0.25, 0.3) is 0 Å². The first-order valence-corrected chi connectivity index (χ1v) is 8.46.